The minimum atomic E-state index is -2.07. The van der Waals surface area contributed by atoms with Gasteiger partial charge in [-0.2, -0.15) is 0 Å². The second-order valence-corrected chi connectivity index (χ2v) is 8.50. The molecule has 1 heterocycles. The zero-order chi connectivity index (χ0) is 11.9. The number of aromatic nitrogens is 1. The molecule has 0 aliphatic carbocycles. The summed E-state index contributed by atoms with van der Waals surface area (Å²) in [6.07, 6.45) is 2.63. The van der Waals surface area contributed by atoms with Crippen LogP contribution >= 0.6 is 18.7 Å². The molecule has 1 aromatic heterocycles. The van der Waals surface area contributed by atoms with E-state index in [1.807, 2.05) is 49.3 Å². The van der Waals surface area contributed by atoms with Crippen LogP contribution in [-0.4, -0.2) is 17.9 Å². The van der Waals surface area contributed by atoms with Crippen molar-refractivity contribution < 1.29 is 4.57 Å². The van der Waals surface area contributed by atoms with Crippen LogP contribution in [0.1, 0.15) is 5.56 Å². The number of rotatable bonds is 2. The lowest BCUT2D eigenvalue weighted by atomic mass is 10.2. The molecule has 2 rings (SSSR count). The molecule has 16 heavy (non-hydrogen) atoms. The van der Waals surface area contributed by atoms with Gasteiger partial charge in [-0.25, -0.2) is 0 Å². The molecule has 0 fully saturated rings. The number of halogens is 1. The minimum absolute atomic E-state index is 0.605. The maximum Gasteiger partial charge on any atom is 0.0861 e. The average molecular weight is 256 g/mol. The van der Waals surface area contributed by atoms with Gasteiger partial charge in [-0.15, -0.1) is 0 Å². The molecule has 0 amide bonds. The molecule has 1 aromatic carbocycles. The summed E-state index contributed by atoms with van der Waals surface area (Å²) >= 11 is 6.20. The fraction of sp³-hybridized carbons (Fsp3) is 0.333. The molecule has 0 saturated heterocycles. The maximum absolute atomic E-state index is 11.9. The number of nitrogens with zero attached hydrogens (tertiary/aromatic N) is 1. The van der Waals surface area contributed by atoms with E-state index in [9.17, 15) is 4.57 Å². The van der Waals surface area contributed by atoms with Crippen LogP contribution in [0.3, 0.4) is 0 Å². The molecule has 0 N–H and O–H groups in total. The lowest BCUT2D eigenvalue weighted by molar-refractivity contribution is 0.582. The molecular formula is C12H15ClNOP. The first kappa shape index (κ1) is 11.8. The second-order valence-electron chi connectivity index (χ2n) is 4.63. The Morgan fingerprint density at radius 3 is 2.69 bits per heavy atom. The highest BCUT2D eigenvalue weighted by Crippen LogP contribution is 2.43. The molecule has 0 radical (unpaired) electrons. The van der Waals surface area contributed by atoms with Crippen LogP contribution in [-0.2, 0) is 17.8 Å². The molecule has 0 aliphatic rings. The van der Waals surface area contributed by atoms with Crippen molar-refractivity contribution in [3.8, 4) is 0 Å². The minimum Gasteiger partial charge on any atom is -0.350 e. The third kappa shape index (κ3) is 2.18. The van der Waals surface area contributed by atoms with Crippen LogP contribution in [0.2, 0.25) is 5.02 Å². The van der Waals surface area contributed by atoms with Crippen molar-refractivity contribution in [1.82, 2.24) is 4.57 Å². The van der Waals surface area contributed by atoms with E-state index in [1.54, 1.807) is 0 Å². The molecule has 0 aliphatic heterocycles. The van der Waals surface area contributed by atoms with Gasteiger partial charge in [0.1, 0.15) is 0 Å². The van der Waals surface area contributed by atoms with Crippen molar-refractivity contribution in [2.75, 3.05) is 13.3 Å². The monoisotopic (exact) mass is 255 g/mol. The van der Waals surface area contributed by atoms with E-state index in [0.29, 0.717) is 6.16 Å². The van der Waals surface area contributed by atoms with E-state index in [-0.39, 0.29) is 0 Å². The molecule has 0 unspecified atom stereocenters. The van der Waals surface area contributed by atoms with Crippen LogP contribution in [0, 0.1) is 0 Å². The van der Waals surface area contributed by atoms with Gasteiger partial charge in [-0.05, 0) is 31.0 Å². The van der Waals surface area contributed by atoms with E-state index >= 15 is 0 Å². The summed E-state index contributed by atoms with van der Waals surface area (Å²) in [5, 5.41) is 1.78. The van der Waals surface area contributed by atoms with Gasteiger partial charge in [0.25, 0.3) is 0 Å². The third-order valence-electron chi connectivity index (χ3n) is 2.59. The SMILES string of the molecule is Cn1cc(CP(C)(C)=O)c2c(Cl)cccc21. The Kier molecular flexibility index (Phi) is 2.90. The smallest absolute Gasteiger partial charge is 0.0861 e. The molecule has 0 spiro atoms. The van der Waals surface area contributed by atoms with Crippen LogP contribution in [0.15, 0.2) is 24.4 Å². The molecule has 0 atom stereocenters. The first-order valence-electron chi connectivity index (χ1n) is 5.15. The summed E-state index contributed by atoms with van der Waals surface area (Å²) in [6.45, 7) is 3.62. The number of aryl methyl sites for hydroxylation is 1. The van der Waals surface area contributed by atoms with Crippen molar-refractivity contribution >= 4 is 29.6 Å². The van der Waals surface area contributed by atoms with Gasteiger partial charge < -0.3 is 9.13 Å². The topological polar surface area (TPSA) is 22.0 Å². The lowest BCUT2D eigenvalue weighted by Crippen LogP contribution is -1.84. The molecule has 4 heteroatoms. The first-order valence-corrected chi connectivity index (χ1v) is 8.31. The second kappa shape index (κ2) is 3.94. The van der Waals surface area contributed by atoms with E-state index in [2.05, 4.69) is 0 Å². The van der Waals surface area contributed by atoms with Crippen LogP contribution in [0.5, 0.6) is 0 Å². The standard InChI is InChI=1S/C12H15ClNOP/c1-14-7-9(8-16(2,3)15)12-10(13)5-4-6-11(12)14/h4-7H,8H2,1-3H3. The Morgan fingerprint density at radius 2 is 2.06 bits per heavy atom. The predicted molar refractivity (Wildman–Crippen MR) is 71.1 cm³/mol. The molecule has 2 aromatic rings. The van der Waals surface area contributed by atoms with E-state index in [4.69, 9.17) is 11.6 Å². The van der Waals surface area contributed by atoms with Gasteiger partial charge in [0.15, 0.2) is 0 Å². The quantitative estimate of drug-likeness (QED) is 0.745. The van der Waals surface area contributed by atoms with Crippen molar-refractivity contribution in [2.45, 2.75) is 6.16 Å². The summed E-state index contributed by atoms with van der Waals surface area (Å²) in [6, 6.07) is 5.84. The Balaban J connectivity index is 2.67. The highest BCUT2D eigenvalue weighted by atomic mass is 35.5. The van der Waals surface area contributed by atoms with Gasteiger partial charge >= 0.3 is 0 Å². The van der Waals surface area contributed by atoms with Gasteiger partial charge in [0, 0.05) is 30.3 Å². The molecular weight excluding hydrogens is 241 g/mol. The Labute approximate surface area is 101 Å². The van der Waals surface area contributed by atoms with Crippen molar-refractivity contribution in [3.05, 3.63) is 35.0 Å². The number of hydrogen-bond acceptors (Lipinski definition) is 1. The third-order valence-corrected chi connectivity index (χ3v) is 4.01. The van der Waals surface area contributed by atoms with Crippen LogP contribution < -0.4 is 0 Å². The Bertz CT molecular complexity index is 582. The fourth-order valence-corrected chi connectivity index (χ4v) is 3.37. The van der Waals surface area contributed by atoms with Crippen LogP contribution in [0.4, 0.5) is 0 Å². The van der Waals surface area contributed by atoms with E-state index in [1.165, 1.54) is 0 Å². The van der Waals surface area contributed by atoms with Crippen molar-refractivity contribution in [1.29, 1.82) is 0 Å². The number of benzene rings is 1. The average Bonchev–Trinajstić information content (AvgIpc) is 2.42. The summed E-state index contributed by atoms with van der Waals surface area (Å²) in [7, 11) is -0.0859. The van der Waals surface area contributed by atoms with Gasteiger partial charge in [-0.3, -0.25) is 0 Å². The largest absolute Gasteiger partial charge is 0.350 e. The summed E-state index contributed by atoms with van der Waals surface area (Å²) in [5.74, 6) is 0. The van der Waals surface area contributed by atoms with E-state index < -0.39 is 7.14 Å². The zero-order valence-corrected chi connectivity index (χ0v) is 11.3. The summed E-state index contributed by atoms with van der Waals surface area (Å²) < 4.78 is 13.9. The van der Waals surface area contributed by atoms with Crippen molar-refractivity contribution in [2.24, 2.45) is 7.05 Å². The van der Waals surface area contributed by atoms with Crippen molar-refractivity contribution in [3.63, 3.8) is 0 Å². The van der Waals surface area contributed by atoms with Crippen LogP contribution in [0.25, 0.3) is 10.9 Å². The molecule has 0 bridgehead atoms. The zero-order valence-electron chi connectivity index (χ0n) is 9.70. The van der Waals surface area contributed by atoms with E-state index in [0.717, 1.165) is 21.5 Å². The normalized spacial score (nSPS) is 12.2. The number of hydrogen-bond donors (Lipinski definition) is 0. The molecule has 0 saturated carbocycles. The predicted octanol–water partition coefficient (Wildman–Crippen LogP) is 3.95. The van der Waals surface area contributed by atoms with Gasteiger partial charge in [0.2, 0.25) is 0 Å². The molecule has 2 nitrogen and oxygen atoms in total. The first-order chi connectivity index (χ1) is 7.38. The highest BCUT2D eigenvalue weighted by molar-refractivity contribution is 7.61. The summed E-state index contributed by atoms with van der Waals surface area (Å²) in [5.41, 5.74) is 2.17. The molecule has 86 valence electrons. The summed E-state index contributed by atoms with van der Waals surface area (Å²) in [4.78, 5) is 0. The maximum atomic E-state index is 11.9. The fourth-order valence-electron chi connectivity index (χ4n) is 2.02. The lowest BCUT2D eigenvalue weighted by Gasteiger charge is -2.05. The van der Waals surface area contributed by atoms with Gasteiger partial charge in [-0.1, -0.05) is 17.7 Å². The number of fused-ring (bicyclic) bond motifs is 1. The Hall–Kier alpha value is -0.720. The highest BCUT2D eigenvalue weighted by Gasteiger charge is 2.15. The Morgan fingerprint density at radius 1 is 1.38 bits per heavy atom. The van der Waals surface area contributed by atoms with Gasteiger partial charge in [0.05, 0.1) is 12.2 Å².